The molecule has 0 unspecified atom stereocenters. The Morgan fingerprint density at radius 3 is 2.48 bits per heavy atom. The third-order valence-electron chi connectivity index (χ3n) is 3.41. The summed E-state index contributed by atoms with van der Waals surface area (Å²) in [7, 11) is 0. The Kier molecular flexibility index (Phi) is 7.01. The molecule has 2 N–H and O–H groups in total. The molecule has 0 aromatic heterocycles. The van der Waals surface area contributed by atoms with Crippen LogP contribution >= 0.6 is 15.9 Å². The van der Waals surface area contributed by atoms with Crippen LogP contribution in [-0.4, -0.2) is 25.0 Å². The molecule has 0 bridgehead atoms. The standard InChI is InChI=1S/C19H21BrN2O3/c1-3-10-21-19(24)14-5-7-15(8-6-14)22-18(23)12-25-17-9-4-13(2)11-16(17)20/h4-9,11H,3,10,12H2,1-2H3,(H,21,24)(H,22,23). The second-order valence-corrected chi connectivity index (χ2v) is 6.46. The van der Waals surface area contributed by atoms with Crippen molar-refractivity contribution in [3.63, 3.8) is 0 Å². The van der Waals surface area contributed by atoms with Crippen molar-refractivity contribution in [2.45, 2.75) is 20.3 Å². The molecule has 0 heterocycles. The van der Waals surface area contributed by atoms with Gasteiger partial charge in [0, 0.05) is 17.8 Å². The zero-order valence-corrected chi connectivity index (χ0v) is 15.9. The first-order chi connectivity index (χ1) is 12.0. The molecule has 0 fully saturated rings. The molecule has 0 aliphatic rings. The number of nitrogens with one attached hydrogen (secondary N) is 2. The van der Waals surface area contributed by atoms with Crippen molar-refractivity contribution in [2.24, 2.45) is 0 Å². The molecule has 2 aromatic carbocycles. The lowest BCUT2D eigenvalue weighted by molar-refractivity contribution is -0.118. The largest absolute Gasteiger partial charge is 0.483 e. The normalized spacial score (nSPS) is 10.2. The Morgan fingerprint density at radius 1 is 1.12 bits per heavy atom. The Bertz CT molecular complexity index is 745. The highest BCUT2D eigenvalue weighted by molar-refractivity contribution is 9.10. The zero-order chi connectivity index (χ0) is 18.2. The Hall–Kier alpha value is -2.34. The number of hydrogen-bond donors (Lipinski definition) is 2. The zero-order valence-electron chi connectivity index (χ0n) is 14.3. The predicted octanol–water partition coefficient (Wildman–Crippen LogP) is 3.91. The number of carbonyl (C=O) groups is 2. The summed E-state index contributed by atoms with van der Waals surface area (Å²) in [5, 5.41) is 5.55. The predicted molar refractivity (Wildman–Crippen MR) is 102 cm³/mol. The van der Waals surface area contributed by atoms with Crippen LogP contribution in [0.15, 0.2) is 46.9 Å². The van der Waals surface area contributed by atoms with Gasteiger partial charge in [-0.2, -0.15) is 0 Å². The minimum atomic E-state index is -0.268. The summed E-state index contributed by atoms with van der Waals surface area (Å²) in [6, 6.07) is 12.4. The highest BCUT2D eigenvalue weighted by atomic mass is 79.9. The number of amides is 2. The number of ether oxygens (including phenoxy) is 1. The molecule has 0 radical (unpaired) electrons. The van der Waals surface area contributed by atoms with Gasteiger partial charge in [-0.3, -0.25) is 9.59 Å². The first-order valence-electron chi connectivity index (χ1n) is 8.06. The number of hydrogen-bond acceptors (Lipinski definition) is 3. The van der Waals surface area contributed by atoms with Crippen molar-refractivity contribution in [3.05, 3.63) is 58.1 Å². The first-order valence-corrected chi connectivity index (χ1v) is 8.86. The maximum absolute atomic E-state index is 12.0. The quantitative estimate of drug-likeness (QED) is 0.734. The van der Waals surface area contributed by atoms with Crippen molar-refractivity contribution in [3.8, 4) is 5.75 Å². The molecule has 0 aliphatic carbocycles. The molecule has 5 nitrogen and oxygen atoms in total. The van der Waals surface area contributed by atoms with E-state index in [-0.39, 0.29) is 18.4 Å². The molecule has 0 saturated carbocycles. The molecule has 6 heteroatoms. The van der Waals surface area contributed by atoms with Crippen LogP contribution in [0.3, 0.4) is 0 Å². The highest BCUT2D eigenvalue weighted by Gasteiger charge is 2.08. The van der Waals surface area contributed by atoms with Gasteiger partial charge in [-0.25, -0.2) is 0 Å². The summed E-state index contributed by atoms with van der Waals surface area (Å²) in [4.78, 5) is 23.8. The van der Waals surface area contributed by atoms with E-state index >= 15 is 0 Å². The van der Waals surface area contributed by atoms with Crippen LogP contribution in [-0.2, 0) is 4.79 Å². The first kappa shape index (κ1) is 19.0. The van der Waals surface area contributed by atoms with Crippen LogP contribution < -0.4 is 15.4 Å². The van der Waals surface area contributed by atoms with E-state index in [9.17, 15) is 9.59 Å². The average Bonchev–Trinajstić information content (AvgIpc) is 2.59. The van der Waals surface area contributed by atoms with E-state index in [2.05, 4.69) is 26.6 Å². The van der Waals surface area contributed by atoms with Crippen molar-refractivity contribution in [1.82, 2.24) is 5.32 Å². The molecule has 132 valence electrons. The Labute approximate surface area is 155 Å². The molecular weight excluding hydrogens is 384 g/mol. The lowest BCUT2D eigenvalue weighted by Crippen LogP contribution is -2.24. The van der Waals surface area contributed by atoms with E-state index < -0.39 is 0 Å². The number of rotatable bonds is 7. The van der Waals surface area contributed by atoms with Gasteiger partial charge in [0.1, 0.15) is 5.75 Å². The van der Waals surface area contributed by atoms with Gasteiger partial charge in [0.2, 0.25) is 0 Å². The molecule has 0 aliphatic heterocycles. The second-order valence-electron chi connectivity index (χ2n) is 5.60. The van der Waals surface area contributed by atoms with Gasteiger partial charge in [-0.15, -0.1) is 0 Å². The monoisotopic (exact) mass is 404 g/mol. The molecule has 0 saturated heterocycles. The van der Waals surface area contributed by atoms with Crippen molar-refractivity contribution in [1.29, 1.82) is 0 Å². The molecule has 2 aromatic rings. The number of carbonyl (C=O) groups excluding carboxylic acids is 2. The molecule has 0 spiro atoms. The van der Waals surface area contributed by atoms with Gasteiger partial charge in [0.25, 0.3) is 11.8 Å². The minimum Gasteiger partial charge on any atom is -0.483 e. The lowest BCUT2D eigenvalue weighted by Gasteiger charge is -2.10. The number of anilines is 1. The van der Waals surface area contributed by atoms with Gasteiger partial charge in [-0.05, 0) is 71.2 Å². The fraction of sp³-hybridized carbons (Fsp3) is 0.263. The summed E-state index contributed by atoms with van der Waals surface area (Å²) in [6.45, 7) is 4.52. The summed E-state index contributed by atoms with van der Waals surface area (Å²) in [5.41, 5.74) is 2.28. The maximum atomic E-state index is 12.0. The molecule has 2 rings (SSSR count). The summed E-state index contributed by atoms with van der Waals surface area (Å²) in [6.07, 6.45) is 0.886. The average molecular weight is 405 g/mol. The second kappa shape index (κ2) is 9.22. The van der Waals surface area contributed by atoms with Crippen LogP contribution in [0, 0.1) is 6.92 Å². The SMILES string of the molecule is CCCNC(=O)c1ccc(NC(=O)COc2ccc(C)cc2Br)cc1. The van der Waals surface area contributed by atoms with Gasteiger partial charge >= 0.3 is 0 Å². The summed E-state index contributed by atoms with van der Waals surface area (Å²) < 4.78 is 6.32. The Balaban J connectivity index is 1.87. The van der Waals surface area contributed by atoms with E-state index in [0.717, 1.165) is 16.5 Å². The van der Waals surface area contributed by atoms with E-state index in [4.69, 9.17) is 4.74 Å². The van der Waals surface area contributed by atoms with Crippen LogP contribution in [0.4, 0.5) is 5.69 Å². The van der Waals surface area contributed by atoms with Gasteiger partial charge in [0.05, 0.1) is 4.47 Å². The van der Waals surface area contributed by atoms with E-state index in [0.29, 0.717) is 23.5 Å². The van der Waals surface area contributed by atoms with E-state index in [1.165, 1.54) is 0 Å². The van der Waals surface area contributed by atoms with Crippen molar-refractivity contribution < 1.29 is 14.3 Å². The minimum absolute atomic E-state index is 0.0968. The highest BCUT2D eigenvalue weighted by Crippen LogP contribution is 2.25. The van der Waals surface area contributed by atoms with Crippen LogP contribution in [0.25, 0.3) is 0 Å². The summed E-state index contributed by atoms with van der Waals surface area (Å²) >= 11 is 3.41. The molecule has 25 heavy (non-hydrogen) atoms. The number of halogens is 1. The fourth-order valence-electron chi connectivity index (χ4n) is 2.11. The maximum Gasteiger partial charge on any atom is 0.262 e. The van der Waals surface area contributed by atoms with Crippen LogP contribution in [0.1, 0.15) is 29.3 Å². The van der Waals surface area contributed by atoms with E-state index in [1.54, 1.807) is 24.3 Å². The van der Waals surface area contributed by atoms with Crippen LogP contribution in [0.5, 0.6) is 5.75 Å². The fourth-order valence-corrected chi connectivity index (χ4v) is 2.72. The third-order valence-corrected chi connectivity index (χ3v) is 4.03. The van der Waals surface area contributed by atoms with E-state index in [1.807, 2.05) is 32.0 Å². The van der Waals surface area contributed by atoms with Gasteiger partial charge in [-0.1, -0.05) is 13.0 Å². The third kappa shape index (κ3) is 5.90. The van der Waals surface area contributed by atoms with Crippen LogP contribution in [0.2, 0.25) is 0 Å². The number of benzene rings is 2. The Morgan fingerprint density at radius 2 is 1.84 bits per heavy atom. The topological polar surface area (TPSA) is 67.4 Å². The molecule has 2 amide bonds. The van der Waals surface area contributed by atoms with Gasteiger partial charge in [0.15, 0.2) is 6.61 Å². The van der Waals surface area contributed by atoms with Crippen molar-refractivity contribution >= 4 is 33.4 Å². The lowest BCUT2D eigenvalue weighted by atomic mass is 10.2. The molecular formula is C19H21BrN2O3. The van der Waals surface area contributed by atoms with Gasteiger partial charge < -0.3 is 15.4 Å². The molecule has 0 atom stereocenters. The number of aryl methyl sites for hydroxylation is 1. The van der Waals surface area contributed by atoms with Crippen molar-refractivity contribution in [2.75, 3.05) is 18.5 Å². The summed E-state index contributed by atoms with van der Waals surface area (Å²) in [5.74, 6) is 0.228. The smallest absolute Gasteiger partial charge is 0.262 e.